The van der Waals surface area contributed by atoms with E-state index < -0.39 is 19.0 Å². The number of aromatic nitrogens is 2. The molecule has 0 saturated heterocycles. The largest absolute Gasteiger partial charge is 0.370 e. The molecule has 0 unspecified atom stereocenters. The number of halogens is 4. The van der Waals surface area contributed by atoms with E-state index in [9.17, 15) is 22.4 Å². The van der Waals surface area contributed by atoms with Gasteiger partial charge in [-0.05, 0) is 49.7 Å². The highest BCUT2D eigenvalue weighted by molar-refractivity contribution is 6.05. The van der Waals surface area contributed by atoms with Crippen LogP contribution in [-0.2, 0) is 17.9 Å². The van der Waals surface area contributed by atoms with E-state index in [0.29, 0.717) is 23.4 Å². The number of carbonyl (C=O) groups excluding carboxylic acids is 1. The Morgan fingerprint density at radius 3 is 2.62 bits per heavy atom. The molecular formula is C23H23F4N3O2. The highest BCUT2D eigenvalue weighted by Crippen LogP contribution is 2.24. The van der Waals surface area contributed by atoms with E-state index in [1.807, 2.05) is 36.6 Å². The lowest BCUT2D eigenvalue weighted by Gasteiger charge is -2.15. The summed E-state index contributed by atoms with van der Waals surface area (Å²) in [4.78, 5) is 17.1. The molecule has 1 aromatic carbocycles. The number of amides is 1. The molecule has 9 heteroatoms. The van der Waals surface area contributed by atoms with Crippen LogP contribution in [-0.4, -0.2) is 34.4 Å². The van der Waals surface area contributed by atoms with Gasteiger partial charge in [0.2, 0.25) is 0 Å². The normalized spacial score (nSPS) is 11.7. The Hall–Kier alpha value is -3.20. The Morgan fingerprint density at radius 1 is 1.16 bits per heavy atom. The Bertz CT molecular complexity index is 1070. The maximum absolute atomic E-state index is 13.0. The van der Waals surface area contributed by atoms with Gasteiger partial charge in [-0.1, -0.05) is 18.2 Å². The molecule has 2 aromatic heterocycles. The lowest BCUT2D eigenvalue weighted by Crippen LogP contribution is -2.32. The van der Waals surface area contributed by atoms with Gasteiger partial charge in [-0.3, -0.25) is 9.78 Å². The number of alkyl halides is 4. The van der Waals surface area contributed by atoms with Crippen LogP contribution >= 0.6 is 0 Å². The molecule has 0 aliphatic rings. The number of nitrogens with one attached hydrogen (secondary N) is 1. The van der Waals surface area contributed by atoms with Gasteiger partial charge >= 0.3 is 12.3 Å². The SMILES string of the molecule is Cc1cc(C(=O)Nc2cccc(COCC(F)(F)C(F)F)c2)c(C)n1Cc1ccccn1. The summed E-state index contributed by atoms with van der Waals surface area (Å²) in [5, 5.41) is 2.78. The van der Waals surface area contributed by atoms with Crippen molar-refractivity contribution >= 4 is 11.6 Å². The van der Waals surface area contributed by atoms with Gasteiger partial charge in [-0.15, -0.1) is 0 Å². The molecule has 0 fully saturated rings. The van der Waals surface area contributed by atoms with Crippen molar-refractivity contribution in [3.8, 4) is 0 Å². The fourth-order valence-electron chi connectivity index (χ4n) is 3.23. The van der Waals surface area contributed by atoms with Gasteiger partial charge in [0.05, 0.1) is 24.4 Å². The number of benzene rings is 1. The molecule has 1 N–H and O–H groups in total. The zero-order valence-corrected chi connectivity index (χ0v) is 17.6. The third kappa shape index (κ3) is 5.73. The molecular weight excluding hydrogens is 426 g/mol. The smallest absolute Gasteiger partial charge is 0.330 e. The minimum absolute atomic E-state index is 0.287. The molecule has 0 atom stereocenters. The van der Waals surface area contributed by atoms with E-state index in [-0.39, 0.29) is 12.5 Å². The van der Waals surface area contributed by atoms with Crippen LogP contribution in [0.15, 0.2) is 54.7 Å². The van der Waals surface area contributed by atoms with Crippen molar-refractivity contribution in [2.75, 3.05) is 11.9 Å². The molecule has 5 nitrogen and oxygen atoms in total. The van der Waals surface area contributed by atoms with Crippen molar-refractivity contribution in [3.63, 3.8) is 0 Å². The van der Waals surface area contributed by atoms with Crippen molar-refractivity contribution in [1.82, 2.24) is 9.55 Å². The molecule has 170 valence electrons. The van der Waals surface area contributed by atoms with Gasteiger partial charge in [0, 0.05) is 23.3 Å². The van der Waals surface area contributed by atoms with E-state index in [4.69, 9.17) is 4.74 Å². The zero-order valence-electron chi connectivity index (χ0n) is 17.6. The fraction of sp³-hybridized carbons (Fsp3) is 0.304. The lowest BCUT2D eigenvalue weighted by atomic mass is 10.2. The molecule has 0 aliphatic heterocycles. The Morgan fingerprint density at radius 2 is 1.94 bits per heavy atom. The van der Waals surface area contributed by atoms with Crippen LogP contribution in [0.3, 0.4) is 0 Å². The number of anilines is 1. The zero-order chi connectivity index (χ0) is 23.3. The number of carbonyl (C=O) groups is 1. The van der Waals surface area contributed by atoms with Crippen molar-refractivity contribution < 1.29 is 27.1 Å². The molecule has 3 rings (SSSR count). The summed E-state index contributed by atoms with van der Waals surface area (Å²) in [6.07, 6.45) is -2.08. The van der Waals surface area contributed by atoms with E-state index in [1.54, 1.807) is 36.5 Å². The maximum atomic E-state index is 13.0. The summed E-state index contributed by atoms with van der Waals surface area (Å²) in [5.74, 6) is -4.53. The molecule has 3 aromatic rings. The molecule has 0 spiro atoms. The predicted octanol–water partition coefficient (Wildman–Crippen LogP) is 5.22. The molecule has 2 heterocycles. The average molecular weight is 449 g/mol. The van der Waals surface area contributed by atoms with Gasteiger partial charge in [-0.2, -0.15) is 8.78 Å². The topological polar surface area (TPSA) is 56.1 Å². The standard InChI is InChI=1S/C23H23F4N3O2/c1-15-10-20(16(2)30(15)12-19-7-3-4-9-28-19)21(31)29-18-8-5-6-17(11-18)13-32-14-23(26,27)22(24)25/h3-11,22H,12-14H2,1-2H3,(H,29,31). The third-order valence-corrected chi connectivity index (χ3v) is 4.93. The van der Waals surface area contributed by atoms with Crippen molar-refractivity contribution in [1.29, 1.82) is 0 Å². The maximum Gasteiger partial charge on any atom is 0.330 e. The van der Waals surface area contributed by atoms with Gasteiger partial charge in [0.25, 0.3) is 5.91 Å². The second kappa shape index (κ2) is 9.95. The minimum atomic E-state index is -4.20. The van der Waals surface area contributed by atoms with Crippen LogP contribution in [0.1, 0.15) is 33.0 Å². The summed E-state index contributed by atoms with van der Waals surface area (Å²) in [7, 11) is 0. The van der Waals surface area contributed by atoms with Crippen molar-refractivity contribution in [3.05, 3.63) is 82.9 Å². The van der Waals surface area contributed by atoms with Gasteiger partial charge in [0.15, 0.2) is 0 Å². The summed E-state index contributed by atoms with van der Waals surface area (Å²) >= 11 is 0. The number of aryl methyl sites for hydroxylation is 1. The number of hydrogen-bond acceptors (Lipinski definition) is 3. The summed E-state index contributed by atoms with van der Waals surface area (Å²) in [6.45, 7) is 2.61. The van der Waals surface area contributed by atoms with Crippen LogP contribution in [0.4, 0.5) is 23.2 Å². The third-order valence-electron chi connectivity index (χ3n) is 4.93. The first-order chi connectivity index (χ1) is 15.2. The molecule has 32 heavy (non-hydrogen) atoms. The number of pyridine rings is 1. The molecule has 1 amide bonds. The van der Waals surface area contributed by atoms with Crippen LogP contribution in [0.25, 0.3) is 0 Å². The first kappa shape index (κ1) is 23.5. The number of nitrogens with zero attached hydrogens (tertiary/aromatic N) is 2. The van der Waals surface area contributed by atoms with Gasteiger partial charge in [-0.25, -0.2) is 8.78 Å². The quantitative estimate of drug-likeness (QED) is 0.456. The molecule has 0 bridgehead atoms. The molecule has 0 aliphatic carbocycles. The molecule has 0 saturated carbocycles. The van der Waals surface area contributed by atoms with Crippen LogP contribution in [0.2, 0.25) is 0 Å². The van der Waals surface area contributed by atoms with E-state index >= 15 is 0 Å². The van der Waals surface area contributed by atoms with E-state index in [2.05, 4.69) is 10.3 Å². The average Bonchev–Trinajstić information content (AvgIpc) is 3.03. The molecule has 0 radical (unpaired) electrons. The fourth-order valence-corrected chi connectivity index (χ4v) is 3.23. The minimum Gasteiger partial charge on any atom is -0.370 e. The predicted molar refractivity (Wildman–Crippen MR) is 112 cm³/mol. The van der Waals surface area contributed by atoms with Gasteiger partial charge < -0.3 is 14.6 Å². The first-order valence-corrected chi connectivity index (χ1v) is 9.88. The lowest BCUT2D eigenvalue weighted by molar-refractivity contribution is -0.168. The highest BCUT2D eigenvalue weighted by atomic mass is 19.3. The van der Waals surface area contributed by atoms with Crippen LogP contribution in [0.5, 0.6) is 0 Å². The van der Waals surface area contributed by atoms with Crippen LogP contribution < -0.4 is 5.32 Å². The highest BCUT2D eigenvalue weighted by Gasteiger charge is 2.40. The number of ether oxygens (including phenoxy) is 1. The second-order valence-corrected chi connectivity index (χ2v) is 7.40. The van der Waals surface area contributed by atoms with E-state index in [1.165, 1.54) is 0 Å². The van der Waals surface area contributed by atoms with Gasteiger partial charge in [0.1, 0.15) is 6.61 Å². The first-order valence-electron chi connectivity index (χ1n) is 9.88. The van der Waals surface area contributed by atoms with Crippen molar-refractivity contribution in [2.45, 2.75) is 39.3 Å². The monoisotopic (exact) mass is 449 g/mol. The Kier molecular flexibility index (Phi) is 7.29. The summed E-state index contributed by atoms with van der Waals surface area (Å²) in [6, 6.07) is 13.8. The summed E-state index contributed by atoms with van der Waals surface area (Å²) in [5.41, 5.74) is 3.95. The van der Waals surface area contributed by atoms with Crippen molar-refractivity contribution in [2.24, 2.45) is 0 Å². The van der Waals surface area contributed by atoms with Crippen LogP contribution in [0, 0.1) is 13.8 Å². The summed E-state index contributed by atoms with van der Waals surface area (Å²) < 4.78 is 57.1. The Labute approximate surface area is 183 Å². The number of hydrogen-bond donors (Lipinski definition) is 1. The van der Waals surface area contributed by atoms with E-state index in [0.717, 1.165) is 17.1 Å². The Balaban J connectivity index is 1.66. The second-order valence-electron chi connectivity index (χ2n) is 7.40. The number of rotatable bonds is 9.